The van der Waals surface area contributed by atoms with Crippen molar-refractivity contribution < 1.29 is 155 Å². The number of fused-ring (bicyclic) bond motifs is 15. The Morgan fingerprint density at radius 1 is 0.383 bits per heavy atom. The Kier molecular flexibility index (Phi) is 14.0. The van der Waals surface area contributed by atoms with Gasteiger partial charge in [-0.1, -0.05) is 69.0 Å². The number of hydrogen-bond acceptors (Lipinski definition) is 20. The Morgan fingerprint density at radius 3 is 0.957 bits per heavy atom. The van der Waals surface area contributed by atoms with Crippen LogP contribution in [0.15, 0.2) is 60.7 Å². The van der Waals surface area contributed by atoms with Crippen LogP contribution in [0.3, 0.4) is 0 Å². The fraction of sp³-hybridized carbons (Fsp3) is 0.684. The normalized spacial score (nSPS) is 50.4. The van der Waals surface area contributed by atoms with E-state index in [1.54, 1.807) is 19.9 Å². The highest BCUT2D eigenvalue weighted by molar-refractivity contribution is 5.54. The summed E-state index contributed by atoms with van der Waals surface area (Å²) >= 11 is 0. The monoisotopic (exact) mass is 1660 g/mol. The summed E-state index contributed by atoms with van der Waals surface area (Å²) in [6.45, 7) is -19.0. The van der Waals surface area contributed by atoms with Crippen LogP contribution in [0.25, 0.3) is 0 Å². The van der Waals surface area contributed by atoms with Crippen LogP contribution < -0.4 is 47.4 Å². The van der Waals surface area contributed by atoms with Crippen LogP contribution in [0.2, 0.25) is 0 Å². The molecule has 20 heteroatoms. The number of methoxy groups -OCH3 is 10. The van der Waals surface area contributed by atoms with E-state index in [2.05, 4.69) is 0 Å². The van der Waals surface area contributed by atoms with Crippen LogP contribution >= 0.6 is 0 Å². The first-order chi connectivity index (χ1) is 77.9. The van der Waals surface area contributed by atoms with Gasteiger partial charge in [-0.3, -0.25) is 24.5 Å². The number of aliphatic hydroxyl groups is 5. The van der Waals surface area contributed by atoms with Crippen molar-refractivity contribution in [2.24, 2.45) is 59.0 Å². The third kappa shape index (κ3) is 21.1. The summed E-state index contributed by atoms with van der Waals surface area (Å²) in [6, 6.07) is -0.964. The van der Waals surface area contributed by atoms with Crippen LogP contribution in [0.5, 0.6) is 57.5 Å². The van der Waals surface area contributed by atoms with Gasteiger partial charge in [-0.05, 0) is 271 Å². The van der Waals surface area contributed by atoms with Crippen LogP contribution in [-0.4, -0.2) is 217 Å². The molecule has 0 aliphatic carbocycles. The van der Waals surface area contributed by atoms with Crippen molar-refractivity contribution in [3.8, 4) is 57.5 Å². The lowest BCUT2D eigenvalue weighted by molar-refractivity contribution is -0.0192. The zero-order valence-electron chi connectivity index (χ0n) is 127. The Bertz CT molecular complexity index is 6710. The van der Waals surface area contributed by atoms with Crippen molar-refractivity contribution in [2.75, 3.05) is 136 Å². The summed E-state index contributed by atoms with van der Waals surface area (Å²) in [5.41, 5.74) is 0.108. The van der Waals surface area contributed by atoms with Crippen molar-refractivity contribution in [2.45, 2.75) is 225 Å². The molecule has 5 fully saturated rings. The third-order valence-electron chi connectivity index (χ3n) is 19.8. The van der Waals surface area contributed by atoms with Crippen LogP contribution in [0, 0.1) is 59.0 Å². The average Bonchev–Trinajstić information content (AvgIpc) is 0.644. The van der Waals surface area contributed by atoms with Gasteiger partial charge in [0, 0.05) is 153 Å². The van der Waals surface area contributed by atoms with E-state index < -0.39 is 269 Å². The number of hydrogen-bond donors (Lipinski definition) is 5. The van der Waals surface area contributed by atoms with Gasteiger partial charge in [-0.2, -0.15) is 0 Å². The first-order valence-electron chi connectivity index (χ1n) is 67.1. The highest BCUT2D eigenvalue weighted by Crippen LogP contribution is 2.50. The maximum Gasteiger partial charge on any atom is 0.161 e. The lowest BCUT2D eigenvalue weighted by Gasteiger charge is -2.46. The summed E-state index contributed by atoms with van der Waals surface area (Å²) < 4.78 is 554. The number of aliphatic hydroxyl groups excluding tert-OH is 1. The van der Waals surface area contributed by atoms with Crippen molar-refractivity contribution in [1.29, 1.82) is 0 Å². The molecule has 10 aliphatic heterocycles. The van der Waals surface area contributed by atoms with Crippen molar-refractivity contribution >= 4 is 0 Å². The van der Waals surface area contributed by atoms with Gasteiger partial charge in [-0.25, -0.2) is 0 Å². The smallest absolute Gasteiger partial charge is 0.161 e. The van der Waals surface area contributed by atoms with Crippen LogP contribution in [-0.2, 0) is 32.1 Å². The zero-order chi connectivity index (χ0) is 136. The van der Waals surface area contributed by atoms with Crippen molar-refractivity contribution in [3.63, 3.8) is 0 Å². The van der Waals surface area contributed by atoms with E-state index in [-0.39, 0.29) is 132 Å². The summed E-state index contributed by atoms with van der Waals surface area (Å²) in [7, 11) is 0.283. The molecule has 10 aliphatic rings. The molecule has 18 atom stereocenters. The van der Waals surface area contributed by atoms with Gasteiger partial charge < -0.3 is 72.9 Å². The maximum atomic E-state index is 11.4. The summed E-state index contributed by atoms with van der Waals surface area (Å²) in [5.74, 6) is -25.3. The number of rotatable bonds is 20. The first kappa shape index (κ1) is 39.5. The molecule has 0 radical (unpaired) electrons. The van der Waals surface area contributed by atoms with Gasteiger partial charge >= 0.3 is 0 Å². The lowest BCUT2D eigenvalue weighted by Crippen LogP contribution is -2.48. The molecule has 5 aromatic rings. The Balaban J connectivity index is 0.000000205. The molecular formula is C95H145N5O15. The SMILES string of the molecule is [2H]C([2H])([2H])C([2H])(C)C([2H])([2H])C1([2H])C([2H])([2H])N2CCc3cc(OC)c(OC)cc3C2([2H])C([2H])([2H])C1([2H])O.[2H]C([2H])([2H])Oc1cc2c(cc1OC)CCN1C([2H])([2H])C([2H])(C([2H])([2H])C([2H])(C)C([2H])([2H])[2H])C([2H])(O)C([2H])([2H])C21[2H].[2H]C([2H])([2H])Oc1cc2c(cc1OC)CCN1C([2H])([2H])C([2H])(C([2H])([2H])C([2H])(C)C([2H])([2H])[2H])C([2H])(O)C([2H])([2H])C21[2H].[2H]C([2H])([2H])Oc1cc2c(cc1OC)CCN1C([2H])([2H])C([2H])(CC(C)C)C([2H])(O)C([2H])([2H])C21[2H].[2H]C12CC(O)C(CC(C)C)CN1C([2H])([2H])C([2H])([2H])c1cc(OC)c(OC)cc12. The highest BCUT2D eigenvalue weighted by atomic mass is 16.5. The Hall–Kier alpha value is -6.30. The number of benzene rings is 5. The molecule has 18 unspecified atom stereocenters. The fourth-order valence-electron chi connectivity index (χ4n) is 14.5. The minimum atomic E-state index is -4.20. The van der Waals surface area contributed by atoms with E-state index >= 15 is 0 Å². The molecule has 5 aromatic carbocycles. The van der Waals surface area contributed by atoms with Gasteiger partial charge in [0.05, 0.1) is 126 Å². The maximum absolute atomic E-state index is 11.4. The summed E-state index contributed by atoms with van der Waals surface area (Å²) in [5, 5.41) is 56.0. The van der Waals surface area contributed by atoms with Gasteiger partial charge in [0.25, 0.3) is 0 Å². The molecule has 0 aromatic heterocycles. The predicted octanol–water partition coefficient (Wildman–Crippen LogP) is 15.1. The Labute approximate surface area is 774 Å². The molecule has 0 spiro atoms. The van der Waals surface area contributed by atoms with Gasteiger partial charge in [0.15, 0.2) is 57.5 Å². The average molecular weight is 1660 g/mol. The minimum Gasteiger partial charge on any atom is -0.493 e. The Morgan fingerprint density at radius 2 is 0.661 bits per heavy atom. The van der Waals surface area contributed by atoms with E-state index in [0.717, 1.165) is 23.1 Å². The second kappa shape index (κ2) is 40.6. The molecule has 0 amide bonds. The fourth-order valence-corrected chi connectivity index (χ4v) is 14.5. The first-order valence-corrected chi connectivity index (χ1v) is 37.1. The summed E-state index contributed by atoms with van der Waals surface area (Å²) in [6.07, 6.45) is -44.7. The quantitative estimate of drug-likeness (QED) is 0.0491. The number of aryl methyl sites for hydroxylation is 1. The second-order valence-corrected chi connectivity index (χ2v) is 28.7. The van der Waals surface area contributed by atoms with E-state index in [1.807, 2.05) is 13.8 Å². The minimum absolute atomic E-state index is 0.00244. The zero-order valence-corrected chi connectivity index (χ0v) is 66.6. The molecule has 15 rings (SSSR count). The number of piperidine rings is 5. The third-order valence-corrected chi connectivity index (χ3v) is 19.8. The second-order valence-electron chi connectivity index (χ2n) is 28.7. The van der Waals surface area contributed by atoms with Gasteiger partial charge in [0.2, 0.25) is 0 Å². The molecule has 5 saturated heterocycles. The molecule has 115 heavy (non-hydrogen) atoms. The molecule has 20 nitrogen and oxygen atoms in total. The van der Waals surface area contributed by atoms with E-state index in [9.17, 15) is 31.0 Å². The molecule has 5 N–H and O–H groups in total. The van der Waals surface area contributed by atoms with Crippen LogP contribution in [0.4, 0.5) is 0 Å². The number of nitrogens with zero attached hydrogens (tertiary/aromatic N) is 5. The highest BCUT2D eigenvalue weighted by Gasteiger charge is 2.45. The van der Waals surface area contributed by atoms with Crippen LogP contribution in [0.1, 0.15) is 301 Å². The predicted molar refractivity (Wildman–Crippen MR) is 456 cm³/mol. The van der Waals surface area contributed by atoms with Gasteiger partial charge in [0.1, 0.15) is 0 Å². The van der Waals surface area contributed by atoms with Crippen molar-refractivity contribution in [1.82, 2.24) is 24.5 Å². The van der Waals surface area contributed by atoms with E-state index in [1.165, 1.54) is 91.1 Å². The lowest BCUT2D eigenvalue weighted by atomic mass is 9.79. The van der Waals surface area contributed by atoms with Crippen molar-refractivity contribution in [3.05, 3.63) is 116 Å². The molecular weight excluding hydrogens is 1450 g/mol. The molecule has 10 heterocycles. The van der Waals surface area contributed by atoms with Gasteiger partial charge in [-0.15, -0.1) is 0 Å². The molecule has 0 saturated carbocycles. The standard InChI is InChI=1S/5C19H29NO3/c5*1-12(2)7-14-11-20-6-5-13-8-18(22-3)19(23-4)9-15(13)16(20)10-17(14)21/h5*8-9,12,14,16-17,21H,5-7,10-11H2,1-4H3/i2*1D3,4D3,7D2,10D2,11D2,12D,14D,16D,17D;1D3,7D2,10D2,11D2,12D,14D,16D,17D;4D3,10D2,11D2,14D,16D,17D;5D2,6D2,16D. The molecule has 640 valence electrons. The van der Waals surface area contributed by atoms with E-state index in [0.29, 0.717) is 70.2 Å². The summed E-state index contributed by atoms with van der Waals surface area (Å²) in [4.78, 5) is 3.48. The number of ether oxygens (including phenoxy) is 10. The van der Waals surface area contributed by atoms with E-state index in [4.69, 9.17) is 124 Å². The largest absolute Gasteiger partial charge is 0.493 e. The molecule has 0 bridgehead atoms. The topological polar surface area (TPSA) is 210 Å².